The van der Waals surface area contributed by atoms with E-state index in [-0.39, 0.29) is 0 Å². The summed E-state index contributed by atoms with van der Waals surface area (Å²) in [6, 6.07) is 14.2. The molecule has 0 unspecified atom stereocenters. The molecule has 0 saturated carbocycles. The first kappa shape index (κ1) is 17.6. The van der Waals surface area contributed by atoms with Gasteiger partial charge >= 0.3 is 0 Å². The highest BCUT2D eigenvalue weighted by atomic mass is 16.3. The van der Waals surface area contributed by atoms with Gasteiger partial charge < -0.3 is 10.0 Å². The molecular formula is C20H24N6O. The van der Waals surface area contributed by atoms with E-state index in [2.05, 4.69) is 31.5 Å². The fourth-order valence-electron chi connectivity index (χ4n) is 3.46. The molecule has 140 valence electrons. The molecule has 27 heavy (non-hydrogen) atoms. The topological polar surface area (TPSA) is 80.0 Å². The van der Waals surface area contributed by atoms with Crippen molar-refractivity contribution in [3.63, 3.8) is 0 Å². The molecule has 0 spiro atoms. The van der Waals surface area contributed by atoms with Crippen LogP contribution in [-0.2, 0) is 6.54 Å². The molecule has 1 atom stereocenters. The first-order valence-electron chi connectivity index (χ1n) is 9.41. The van der Waals surface area contributed by atoms with E-state index in [4.69, 9.17) is 0 Å². The number of aliphatic hydroxyl groups excluding tert-OH is 1. The van der Waals surface area contributed by atoms with Crippen LogP contribution in [0.4, 0.5) is 5.82 Å². The van der Waals surface area contributed by atoms with Crippen LogP contribution in [0.15, 0.2) is 48.7 Å². The standard InChI is InChI=1S/C20H24N6O/c1-15(27)19-14-26(24-22-19)13-16-9-11-25(12-10-16)20-8-7-18(21-23-20)17-5-3-2-4-6-17/h2-8,14-16,27H,9-13H2,1H3/t15-/m1/s1. The second kappa shape index (κ2) is 7.84. The van der Waals surface area contributed by atoms with E-state index in [1.807, 2.05) is 47.3 Å². The van der Waals surface area contributed by atoms with E-state index in [9.17, 15) is 5.11 Å². The number of aromatic nitrogens is 5. The predicted molar refractivity (Wildman–Crippen MR) is 103 cm³/mol. The van der Waals surface area contributed by atoms with Gasteiger partial charge in [-0.25, -0.2) is 0 Å². The lowest BCUT2D eigenvalue weighted by atomic mass is 9.97. The van der Waals surface area contributed by atoms with Crippen molar-refractivity contribution in [1.82, 2.24) is 25.2 Å². The molecule has 1 N–H and O–H groups in total. The van der Waals surface area contributed by atoms with Gasteiger partial charge in [0.15, 0.2) is 5.82 Å². The van der Waals surface area contributed by atoms with Crippen LogP contribution in [0.25, 0.3) is 11.3 Å². The molecule has 3 heterocycles. The van der Waals surface area contributed by atoms with Crippen LogP contribution < -0.4 is 4.90 Å². The number of aliphatic hydroxyl groups is 1. The summed E-state index contributed by atoms with van der Waals surface area (Å²) in [6.07, 6.45) is 3.42. The van der Waals surface area contributed by atoms with Crippen molar-refractivity contribution in [2.45, 2.75) is 32.4 Å². The number of benzene rings is 1. The molecule has 4 rings (SSSR count). The number of anilines is 1. The van der Waals surface area contributed by atoms with Crippen LogP contribution >= 0.6 is 0 Å². The van der Waals surface area contributed by atoms with E-state index >= 15 is 0 Å². The van der Waals surface area contributed by atoms with Gasteiger partial charge in [-0.05, 0) is 37.8 Å². The minimum atomic E-state index is -0.571. The third-order valence-corrected chi connectivity index (χ3v) is 5.09. The molecule has 0 aliphatic carbocycles. The quantitative estimate of drug-likeness (QED) is 0.750. The molecule has 1 aliphatic rings. The van der Waals surface area contributed by atoms with Gasteiger partial charge in [0, 0.05) is 25.2 Å². The fraction of sp³-hybridized carbons (Fsp3) is 0.400. The Morgan fingerprint density at radius 1 is 1.04 bits per heavy atom. The van der Waals surface area contributed by atoms with E-state index in [1.165, 1.54) is 0 Å². The third-order valence-electron chi connectivity index (χ3n) is 5.09. The number of nitrogens with zero attached hydrogens (tertiary/aromatic N) is 6. The smallest absolute Gasteiger partial charge is 0.151 e. The Morgan fingerprint density at radius 2 is 1.81 bits per heavy atom. The average molecular weight is 364 g/mol. The van der Waals surface area contributed by atoms with Crippen LogP contribution in [0.2, 0.25) is 0 Å². The maximum atomic E-state index is 9.56. The van der Waals surface area contributed by atoms with Gasteiger partial charge in [0.1, 0.15) is 5.69 Å². The van der Waals surface area contributed by atoms with Crippen LogP contribution in [0, 0.1) is 5.92 Å². The van der Waals surface area contributed by atoms with E-state index < -0.39 is 6.10 Å². The normalized spacial score (nSPS) is 16.4. The summed E-state index contributed by atoms with van der Waals surface area (Å²) in [5, 5.41) is 26.5. The average Bonchev–Trinajstić information content (AvgIpc) is 3.18. The third kappa shape index (κ3) is 4.14. The molecule has 0 bridgehead atoms. The highest BCUT2D eigenvalue weighted by Crippen LogP contribution is 2.24. The van der Waals surface area contributed by atoms with Gasteiger partial charge in [-0.15, -0.1) is 15.3 Å². The summed E-state index contributed by atoms with van der Waals surface area (Å²) in [7, 11) is 0. The van der Waals surface area contributed by atoms with Crippen LogP contribution in [0.1, 0.15) is 31.6 Å². The van der Waals surface area contributed by atoms with Gasteiger partial charge in [-0.3, -0.25) is 4.68 Å². The Morgan fingerprint density at radius 3 is 2.44 bits per heavy atom. The first-order chi connectivity index (χ1) is 13.2. The molecule has 1 saturated heterocycles. The largest absolute Gasteiger partial charge is 0.387 e. The number of hydrogen-bond acceptors (Lipinski definition) is 6. The Kier molecular flexibility index (Phi) is 5.11. The Bertz CT molecular complexity index is 854. The second-order valence-electron chi connectivity index (χ2n) is 7.11. The van der Waals surface area contributed by atoms with Crippen molar-refractivity contribution in [2.75, 3.05) is 18.0 Å². The molecule has 7 nitrogen and oxygen atoms in total. The number of piperidine rings is 1. The minimum Gasteiger partial charge on any atom is -0.387 e. The summed E-state index contributed by atoms with van der Waals surface area (Å²) in [6.45, 7) is 4.47. The van der Waals surface area contributed by atoms with Gasteiger partial charge in [-0.1, -0.05) is 35.5 Å². The molecule has 7 heteroatoms. The molecule has 3 aromatic rings. The number of hydrogen-bond donors (Lipinski definition) is 1. The molecule has 1 aromatic carbocycles. The van der Waals surface area contributed by atoms with Gasteiger partial charge in [-0.2, -0.15) is 0 Å². The SMILES string of the molecule is C[C@@H](O)c1cn(CC2CCN(c3ccc(-c4ccccc4)nn3)CC2)nn1. The van der Waals surface area contributed by atoms with Crippen molar-refractivity contribution in [3.05, 3.63) is 54.4 Å². The number of rotatable bonds is 5. The zero-order valence-electron chi connectivity index (χ0n) is 15.4. The maximum Gasteiger partial charge on any atom is 0.151 e. The maximum absolute atomic E-state index is 9.56. The lowest BCUT2D eigenvalue weighted by molar-refractivity contribution is 0.194. The Balaban J connectivity index is 1.33. The predicted octanol–water partition coefficient (Wildman–Crippen LogP) is 2.71. The van der Waals surface area contributed by atoms with Crippen molar-refractivity contribution in [3.8, 4) is 11.3 Å². The highest BCUT2D eigenvalue weighted by Gasteiger charge is 2.21. The summed E-state index contributed by atoms with van der Waals surface area (Å²) < 4.78 is 1.84. The Hall–Kier alpha value is -2.80. The van der Waals surface area contributed by atoms with E-state index in [0.717, 1.165) is 49.6 Å². The molecule has 1 aliphatic heterocycles. The van der Waals surface area contributed by atoms with Crippen LogP contribution in [0.3, 0.4) is 0 Å². The van der Waals surface area contributed by atoms with E-state index in [1.54, 1.807) is 6.92 Å². The highest BCUT2D eigenvalue weighted by molar-refractivity contribution is 5.59. The molecule has 2 aromatic heterocycles. The van der Waals surface area contributed by atoms with Crippen molar-refractivity contribution >= 4 is 5.82 Å². The zero-order valence-corrected chi connectivity index (χ0v) is 15.4. The molecular weight excluding hydrogens is 340 g/mol. The first-order valence-corrected chi connectivity index (χ1v) is 9.41. The monoisotopic (exact) mass is 364 g/mol. The summed E-state index contributed by atoms with van der Waals surface area (Å²) in [4.78, 5) is 2.29. The van der Waals surface area contributed by atoms with Crippen molar-refractivity contribution in [2.24, 2.45) is 5.92 Å². The molecule has 0 amide bonds. The van der Waals surface area contributed by atoms with Crippen LogP contribution in [-0.4, -0.2) is 43.4 Å². The minimum absolute atomic E-state index is 0.557. The lowest BCUT2D eigenvalue weighted by Crippen LogP contribution is -2.35. The van der Waals surface area contributed by atoms with Crippen LogP contribution in [0.5, 0.6) is 0 Å². The summed E-state index contributed by atoms with van der Waals surface area (Å²) in [5.41, 5.74) is 2.61. The summed E-state index contributed by atoms with van der Waals surface area (Å²) >= 11 is 0. The Labute approximate surface area is 158 Å². The van der Waals surface area contributed by atoms with Gasteiger partial charge in [0.2, 0.25) is 0 Å². The molecule has 1 fully saturated rings. The lowest BCUT2D eigenvalue weighted by Gasteiger charge is -2.32. The zero-order chi connectivity index (χ0) is 18.6. The van der Waals surface area contributed by atoms with E-state index in [0.29, 0.717) is 11.6 Å². The molecule has 0 radical (unpaired) electrons. The summed E-state index contributed by atoms with van der Waals surface area (Å²) in [5.74, 6) is 1.49. The van der Waals surface area contributed by atoms with Gasteiger partial charge in [0.25, 0.3) is 0 Å². The fourth-order valence-corrected chi connectivity index (χ4v) is 3.46. The van der Waals surface area contributed by atoms with Crippen molar-refractivity contribution in [1.29, 1.82) is 0 Å². The van der Waals surface area contributed by atoms with Gasteiger partial charge in [0.05, 0.1) is 18.0 Å². The second-order valence-corrected chi connectivity index (χ2v) is 7.11. The van der Waals surface area contributed by atoms with Crippen molar-refractivity contribution < 1.29 is 5.11 Å².